The maximum atomic E-state index is 13.3. The van der Waals surface area contributed by atoms with Crippen LogP contribution in [-0.2, 0) is 14.4 Å². The highest BCUT2D eigenvalue weighted by atomic mass is 35.5. The largest absolute Gasteiger partial charge is 0.481 e. The highest BCUT2D eigenvalue weighted by Gasteiger charge is 2.85. The Labute approximate surface area is 234 Å². The van der Waals surface area contributed by atoms with Gasteiger partial charge in [-0.2, -0.15) is 0 Å². The number of amides is 2. The zero-order chi connectivity index (χ0) is 26.2. The number of benzene rings is 2. The minimum atomic E-state index is -2.26. The van der Waals surface area contributed by atoms with Crippen LogP contribution in [0.15, 0.2) is 58.6 Å². The number of nitrogens with one attached hydrogen (secondary N) is 2. The number of hydrazine groups is 1. The van der Waals surface area contributed by atoms with Gasteiger partial charge >= 0.3 is 5.97 Å². The second-order valence-electron chi connectivity index (χ2n) is 8.51. The third-order valence-corrected chi connectivity index (χ3v) is 11.0. The first-order chi connectivity index (χ1) is 16.9. The predicted molar refractivity (Wildman–Crippen MR) is 136 cm³/mol. The van der Waals surface area contributed by atoms with Gasteiger partial charge in [0, 0.05) is 11.1 Å². The zero-order valence-corrected chi connectivity index (χ0v) is 22.2. The van der Waals surface area contributed by atoms with Crippen molar-refractivity contribution >= 4 is 87.4 Å². The number of allylic oxidation sites excluding steroid dienone is 2. The molecule has 2 aromatic rings. The number of carboxylic acids is 1. The Bertz CT molecular complexity index is 1320. The smallest absolute Gasteiger partial charge is 0.309 e. The Morgan fingerprint density at radius 1 is 0.750 bits per heavy atom. The number of para-hydroxylation sites is 2. The lowest BCUT2D eigenvalue weighted by molar-refractivity contribution is -0.147. The van der Waals surface area contributed by atoms with Crippen molar-refractivity contribution in [2.45, 2.75) is 20.0 Å². The molecule has 3 N–H and O–H groups in total. The molecule has 1 heterocycles. The Morgan fingerprint density at radius 2 is 1.19 bits per heavy atom. The highest BCUT2D eigenvalue weighted by Crippen LogP contribution is 2.76. The first-order valence-electron chi connectivity index (χ1n) is 10.4. The fraction of sp³-hybridized carbons (Fsp3) is 0.261. The van der Waals surface area contributed by atoms with E-state index in [0.29, 0.717) is 22.6 Å². The number of carbonyl (C=O) groups excluding carboxylic acids is 2. The molecule has 1 saturated carbocycles. The lowest BCUT2D eigenvalue weighted by Crippen LogP contribution is -2.54. The van der Waals surface area contributed by atoms with Gasteiger partial charge in [-0.25, -0.2) is 0 Å². The first kappa shape index (κ1) is 25.8. The van der Waals surface area contributed by atoms with Crippen LogP contribution in [0.4, 0.5) is 0 Å². The van der Waals surface area contributed by atoms with Crippen LogP contribution in [0.3, 0.4) is 0 Å². The molecule has 0 aromatic heterocycles. The predicted octanol–water partition coefficient (Wildman–Crippen LogP) is 5.23. The molecule has 0 spiro atoms. The topological polar surface area (TPSA) is 105 Å². The number of alkyl halides is 4. The van der Waals surface area contributed by atoms with E-state index >= 15 is 0 Å². The lowest BCUT2D eigenvalue weighted by atomic mass is 9.81. The van der Waals surface area contributed by atoms with Crippen LogP contribution in [0.1, 0.15) is 17.0 Å². The van der Waals surface area contributed by atoms with E-state index < -0.39 is 49.6 Å². The molecule has 1 fully saturated rings. The molecule has 1 aliphatic heterocycles. The number of carboxylic acid groups (broad SMARTS) is 1. The van der Waals surface area contributed by atoms with Gasteiger partial charge in [0.25, 0.3) is 5.91 Å². The Kier molecular flexibility index (Phi) is 6.14. The molecule has 2 amide bonds. The van der Waals surface area contributed by atoms with E-state index in [0.717, 1.165) is 0 Å². The van der Waals surface area contributed by atoms with E-state index in [1.165, 1.54) is 0 Å². The quantitative estimate of drug-likeness (QED) is 0.326. The van der Waals surface area contributed by atoms with E-state index in [1.54, 1.807) is 48.5 Å². The molecule has 5 rings (SSSR count). The van der Waals surface area contributed by atoms with Crippen molar-refractivity contribution in [2.75, 3.05) is 0 Å². The van der Waals surface area contributed by atoms with Crippen LogP contribution in [0.5, 0.6) is 11.5 Å². The number of hydrogen-bond donors (Lipinski definition) is 3. The average molecular weight is 611 g/mol. The number of rotatable bonds is 3. The number of carbonyl (C=O) groups is 3. The van der Waals surface area contributed by atoms with Crippen molar-refractivity contribution in [1.82, 2.24) is 10.9 Å². The summed E-state index contributed by atoms with van der Waals surface area (Å²) in [6.07, 6.45) is 0. The van der Waals surface area contributed by atoms with Gasteiger partial charge in [-0.3, -0.25) is 25.2 Å². The van der Waals surface area contributed by atoms with Crippen molar-refractivity contribution < 1.29 is 24.2 Å². The van der Waals surface area contributed by atoms with Gasteiger partial charge in [0.2, 0.25) is 5.91 Å². The summed E-state index contributed by atoms with van der Waals surface area (Å²) < 4.78 is 3.62. The molecule has 3 aliphatic rings. The van der Waals surface area contributed by atoms with Crippen LogP contribution in [0.25, 0.3) is 0 Å². The third kappa shape index (κ3) is 3.17. The minimum Gasteiger partial charge on any atom is -0.481 e. The lowest BCUT2D eigenvalue weighted by Gasteiger charge is -2.33. The Hall–Kier alpha value is -1.87. The maximum Gasteiger partial charge on any atom is 0.309 e. The van der Waals surface area contributed by atoms with Crippen LogP contribution in [0, 0.1) is 11.8 Å². The number of hydrogen-bond acceptors (Lipinski definition) is 4. The van der Waals surface area contributed by atoms with Gasteiger partial charge < -0.3 is 9.84 Å². The molecule has 36 heavy (non-hydrogen) atoms. The molecule has 0 radical (unpaired) electrons. The van der Waals surface area contributed by atoms with Crippen molar-refractivity contribution in [2.24, 2.45) is 11.8 Å². The average Bonchev–Trinajstić information content (AvgIpc) is 3.06. The van der Waals surface area contributed by atoms with Crippen molar-refractivity contribution in [3.8, 4) is 11.5 Å². The molecule has 2 aromatic carbocycles. The van der Waals surface area contributed by atoms with Crippen LogP contribution in [0.2, 0.25) is 0 Å². The zero-order valence-electron chi connectivity index (χ0n) is 17.7. The van der Waals surface area contributed by atoms with Crippen molar-refractivity contribution in [1.29, 1.82) is 0 Å². The monoisotopic (exact) mass is 608 g/mol. The summed E-state index contributed by atoms with van der Waals surface area (Å²) in [5.74, 6) is -6.50. The molecular weight excluding hydrogens is 597 g/mol. The van der Waals surface area contributed by atoms with E-state index in [1.807, 2.05) is 0 Å². The molecule has 7 nitrogen and oxygen atoms in total. The molecule has 13 heteroatoms. The van der Waals surface area contributed by atoms with E-state index in [-0.39, 0.29) is 10.1 Å². The maximum absolute atomic E-state index is 13.3. The Balaban J connectivity index is 1.45. The van der Waals surface area contributed by atoms with Gasteiger partial charge in [0.05, 0.1) is 27.8 Å². The van der Waals surface area contributed by atoms with Gasteiger partial charge in [-0.05, 0) is 12.1 Å². The molecular formula is C23H14Cl6N2O5. The number of ether oxygens (including phenoxy) is 1. The Morgan fingerprint density at radius 3 is 1.69 bits per heavy atom. The number of aliphatic carboxylic acids is 1. The summed E-state index contributed by atoms with van der Waals surface area (Å²) in [4.78, 5) is 34.5. The summed E-state index contributed by atoms with van der Waals surface area (Å²) >= 11 is 38.5. The fourth-order valence-electron chi connectivity index (χ4n) is 5.09. The van der Waals surface area contributed by atoms with Crippen LogP contribution < -0.4 is 15.6 Å². The van der Waals surface area contributed by atoms with Crippen molar-refractivity contribution in [3.63, 3.8) is 0 Å². The van der Waals surface area contributed by atoms with Gasteiger partial charge in [-0.15, -0.1) is 23.2 Å². The SMILES string of the molecule is O=C(NNC(=O)[C@H]1[C@@H](C(=O)O)[C@]2(Cl)C(Cl)=C(Cl)[C@]1(Cl)C2(Cl)Cl)C1c2ccccc2Oc2ccccc21. The van der Waals surface area contributed by atoms with Gasteiger partial charge in [0.15, 0.2) is 4.33 Å². The molecule has 4 atom stereocenters. The summed E-state index contributed by atoms with van der Waals surface area (Å²) in [6, 6.07) is 13.9. The van der Waals surface area contributed by atoms with Crippen LogP contribution in [-0.4, -0.2) is 37.0 Å². The van der Waals surface area contributed by atoms with Crippen molar-refractivity contribution in [3.05, 3.63) is 69.7 Å². The first-order valence-corrected chi connectivity index (χ1v) is 12.7. The van der Waals surface area contributed by atoms with E-state index in [9.17, 15) is 19.5 Å². The summed E-state index contributed by atoms with van der Waals surface area (Å²) in [5, 5.41) is 9.20. The number of fused-ring (bicyclic) bond motifs is 4. The molecule has 188 valence electrons. The van der Waals surface area contributed by atoms with E-state index in [2.05, 4.69) is 10.9 Å². The highest BCUT2D eigenvalue weighted by molar-refractivity contribution is 6.66. The molecule has 0 unspecified atom stereocenters. The minimum absolute atomic E-state index is 0.345. The van der Waals surface area contributed by atoms with Gasteiger partial charge in [0.1, 0.15) is 21.2 Å². The summed E-state index contributed by atoms with van der Waals surface area (Å²) in [6.45, 7) is 0. The second-order valence-corrected chi connectivity index (χ2v) is 11.8. The normalized spacial score (nSPS) is 29.7. The fourth-order valence-corrected chi connectivity index (χ4v) is 8.03. The second kappa shape index (κ2) is 8.58. The summed E-state index contributed by atoms with van der Waals surface area (Å²) in [7, 11) is 0. The van der Waals surface area contributed by atoms with Gasteiger partial charge in [-0.1, -0.05) is 82.8 Å². The third-order valence-electron chi connectivity index (χ3n) is 6.74. The molecule has 2 aliphatic carbocycles. The molecule has 2 bridgehead atoms. The number of halogens is 6. The van der Waals surface area contributed by atoms with Crippen LogP contribution >= 0.6 is 69.6 Å². The summed E-state index contributed by atoms with van der Waals surface area (Å²) in [5.41, 5.74) is 5.72. The standard InChI is InChI=1S/C23H14Cl6N2O5/c24-16-17(25)22(27)15(20(34)35)14(21(16,26)23(22,28)29)19(33)31-30-18(32)13-9-5-1-3-7-11(9)36-12-8-4-2-6-10(12)13/h1-8,13-15H,(H,30,32)(H,31,33)(H,34,35)/t14-,15+,21+,22+/m1/s1. The molecule has 0 saturated heterocycles. The van der Waals surface area contributed by atoms with E-state index in [4.69, 9.17) is 74.3 Å².